The molecule has 0 aliphatic heterocycles. The highest BCUT2D eigenvalue weighted by Crippen LogP contribution is 2.23. The minimum Gasteiger partial charge on any atom is -0.494 e. The smallest absolute Gasteiger partial charge is 0.240 e. The maximum absolute atomic E-state index is 11.1. The summed E-state index contributed by atoms with van der Waals surface area (Å²) in [5.41, 5.74) is 5.71. The van der Waals surface area contributed by atoms with Gasteiger partial charge < -0.3 is 10.5 Å². The molecule has 0 saturated carbocycles. The lowest BCUT2D eigenvalue weighted by molar-refractivity contribution is 0.289. The van der Waals surface area contributed by atoms with Crippen molar-refractivity contribution in [2.24, 2.45) is 11.1 Å². The van der Waals surface area contributed by atoms with E-state index in [1.54, 1.807) is 6.07 Å². The molecule has 0 atom stereocenters. The second-order valence-corrected chi connectivity index (χ2v) is 5.81. The maximum Gasteiger partial charge on any atom is 0.240 e. The van der Waals surface area contributed by atoms with Crippen LogP contribution in [0.2, 0.25) is 0 Å². The van der Waals surface area contributed by atoms with Crippen molar-refractivity contribution in [1.29, 1.82) is 0 Å². The summed E-state index contributed by atoms with van der Waals surface area (Å²) in [5.74, 6) is 1.10. The van der Waals surface area contributed by atoms with Crippen molar-refractivity contribution < 1.29 is 13.2 Å². The fourth-order valence-electron chi connectivity index (χ4n) is 1.29. The van der Waals surface area contributed by atoms with Crippen LogP contribution in [0.4, 0.5) is 5.69 Å². The Morgan fingerprint density at radius 3 is 2.47 bits per heavy atom. The Bertz CT molecular complexity index is 483. The highest BCUT2D eigenvalue weighted by Gasteiger charge is 2.12. The number of ether oxygens (including phenoxy) is 1. The first-order valence-electron chi connectivity index (χ1n) is 5.36. The normalized spacial score (nSPS) is 11.8. The molecule has 0 saturated heterocycles. The Morgan fingerprint density at radius 1 is 1.35 bits per heavy atom. The summed E-state index contributed by atoms with van der Waals surface area (Å²) in [4.78, 5) is -0.0753. The second kappa shape index (κ2) is 5.37. The predicted octanol–water partition coefficient (Wildman–Crippen LogP) is 1.34. The first-order chi connectivity index (χ1) is 7.80. The van der Waals surface area contributed by atoms with Crippen LogP contribution < -0.4 is 15.6 Å². The standard InChI is InChI=1S/C11H18N2O3S/c1-8(2)5-6-16-9-3-4-11(10(12)7-9)17(13,14)15/h3-4,7-8H,5-6,12H2,1-2H3,(H2,13,14,15). The second-order valence-electron chi connectivity index (χ2n) is 4.28. The first-order valence-corrected chi connectivity index (χ1v) is 6.90. The molecule has 5 nitrogen and oxygen atoms in total. The van der Waals surface area contributed by atoms with Crippen molar-refractivity contribution in [3.63, 3.8) is 0 Å². The van der Waals surface area contributed by atoms with Gasteiger partial charge >= 0.3 is 0 Å². The topological polar surface area (TPSA) is 95.4 Å². The average molecular weight is 258 g/mol. The van der Waals surface area contributed by atoms with Gasteiger partial charge in [0.25, 0.3) is 0 Å². The Balaban J connectivity index is 2.76. The molecule has 17 heavy (non-hydrogen) atoms. The summed E-state index contributed by atoms with van der Waals surface area (Å²) in [5, 5.41) is 5.00. The summed E-state index contributed by atoms with van der Waals surface area (Å²) >= 11 is 0. The largest absolute Gasteiger partial charge is 0.494 e. The van der Waals surface area contributed by atoms with Crippen LogP contribution in [0, 0.1) is 5.92 Å². The fourth-order valence-corrected chi connectivity index (χ4v) is 1.93. The molecule has 0 spiro atoms. The molecule has 0 aromatic heterocycles. The number of rotatable bonds is 5. The van der Waals surface area contributed by atoms with Gasteiger partial charge in [-0.1, -0.05) is 13.8 Å². The van der Waals surface area contributed by atoms with E-state index in [0.29, 0.717) is 18.3 Å². The van der Waals surface area contributed by atoms with Gasteiger partial charge in [-0.2, -0.15) is 0 Å². The summed E-state index contributed by atoms with van der Waals surface area (Å²) in [6, 6.07) is 4.38. The molecule has 4 N–H and O–H groups in total. The minimum atomic E-state index is -3.76. The van der Waals surface area contributed by atoms with Crippen LogP contribution in [0.5, 0.6) is 5.75 Å². The van der Waals surface area contributed by atoms with Gasteiger partial charge in [-0.3, -0.25) is 0 Å². The van der Waals surface area contributed by atoms with E-state index in [9.17, 15) is 8.42 Å². The van der Waals surface area contributed by atoms with Crippen LogP contribution in [0.1, 0.15) is 20.3 Å². The zero-order valence-electron chi connectivity index (χ0n) is 10.0. The van der Waals surface area contributed by atoms with Gasteiger partial charge in [-0.15, -0.1) is 0 Å². The molecule has 6 heteroatoms. The monoisotopic (exact) mass is 258 g/mol. The molecule has 0 bridgehead atoms. The molecular formula is C11H18N2O3S. The molecule has 1 aromatic carbocycles. The van der Waals surface area contributed by atoms with E-state index >= 15 is 0 Å². The third kappa shape index (κ3) is 4.24. The molecule has 0 aliphatic carbocycles. The summed E-state index contributed by atoms with van der Waals surface area (Å²) in [7, 11) is -3.76. The Labute approximate surface area is 102 Å². The number of hydrogen-bond donors (Lipinski definition) is 2. The summed E-state index contributed by atoms with van der Waals surface area (Å²) in [6.45, 7) is 4.77. The zero-order chi connectivity index (χ0) is 13.1. The Morgan fingerprint density at radius 2 is 2.00 bits per heavy atom. The van der Waals surface area contributed by atoms with Gasteiger partial charge in [0.2, 0.25) is 10.0 Å². The van der Waals surface area contributed by atoms with Crippen LogP contribution in [0.3, 0.4) is 0 Å². The SMILES string of the molecule is CC(C)CCOc1ccc(S(N)(=O)=O)c(N)c1. The van der Waals surface area contributed by atoms with Crippen LogP contribution >= 0.6 is 0 Å². The number of nitrogens with two attached hydrogens (primary N) is 2. The van der Waals surface area contributed by atoms with Gasteiger partial charge in [0.05, 0.1) is 12.3 Å². The molecule has 0 fully saturated rings. The van der Waals surface area contributed by atoms with Crippen molar-refractivity contribution >= 4 is 15.7 Å². The molecule has 1 rings (SSSR count). The summed E-state index contributed by atoms with van der Waals surface area (Å²) < 4.78 is 27.7. The number of sulfonamides is 1. The van der Waals surface area contributed by atoms with Crippen molar-refractivity contribution in [1.82, 2.24) is 0 Å². The van der Waals surface area contributed by atoms with Crippen molar-refractivity contribution in [2.45, 2.75) is 25.2 Å². The van der Waals surface area contributed by atoms with E-state index in [1.165, 1.54) is 12.1 Å². The Hall–Kier alpha value is -1.27. The molecule has 96 valence electrons. The molecule has 0 radical (unpaired) electrons. The molecule has 1 aromatic rings. The highest BCUT2D eigenvalue weighted by atomic mass is 32.2. The van der Waals surface area contributed by atoms with Gasteiger partial charge in [-0.25, -0.2) is 13.6 Å². The third-order valence-electron chi connectivity index (χ3n) is 2.25. The van der Waals surface area contributed by atoms with Gasteiger partial charge in [-0.05, 0) is 24.5 Å². The minimum absolute atomic E-state index is 0.0753. The molecule has 0 aliphatic rings. The zero-order valence-corrected chi connectivity index (χ0v) is 10.8. The lowest BCUT2D eigenvalue weighted by atomic mass is 10.1. The van der Waals surface area contributed by atoms with Crippen LogP contribution in [-0.2, 0) is 10.0 Å². The lowest BCUT2D eigenvalue weighted by Gasteiger charge is -2.10. The summed E-state index contributed by atoms with van der Waals surface area (Å²) in [6.07, 6.45) is 0.927. The highest BCUT2D eigenvalue weighted by molar-refractivity contribution is 7.89. The van der Waals surface area contributed by atoms with E-state index in [-0.39, 0.29) is 10.6 Å². The molecule has 0 unspecified atom stereocenters. The molecule has 0 heterocycles. The van der Waals surface area contributed by atoms with Crippen LogP contribution in [0.15, 0.2) is 23.1 Å². The maximum atomic E-state index is 11.1. The van der Waals surface area contributed by atoms with Crippen LogP contribution in [-0.4, -0.2) is 15.0 Å². The first kappa shape index (κ1) is 13.8. The lowest BCUT2D eigenvalue weighted by Crippen LogP contribution is -2.14. The van der Waals surface area contributed by atoms with Crippen molar-refractivity contribution in [3.8, 4) is 5.75 Å². The molecule has 0 amide bonds. The van der Waals surface area contributed by atoms with E-state index < -0.39 is 10.0 Å². The molecular weight excluding hydrogens is 240 g/mol. The van der Waals surface area contributed by atoms with E-state index in [1.807, 2.05) is 0 Å². The number of hydrogen-bond acceptors (Lipinski definition) is 4. The van der Waals surface area contributed by atoms with Gasteiger partial charge in [0.1, 0.15) is 10.6 Å². The van der Waals surface area contributed by atoms with Gasteiger partial charge in [0, 0.05) is 6.07 Å². The van der Waals surface area contributed by atoms with Crippen LogP contribution in [0.25, 0.3) is 0 Å². The fraction of sp³-hybridized carbons (Fsp3) is 0.455. The third-order valence-corrected chi connectivity index (χ3v) is 3.24. The predicted molar refractivity (Wildman–Crippen MR) is 67.2 cm³/mol. The number of primary sulfonamides is 1. The number of nitrogen functional groups attached to an aromatic ring is 1. The van der Waals surface area contributed by atoms with E-state index in [4.69, 9.17) is 15.6 Å². The van der Waals surface area contributed by atoms with Crippen molar-refractivity contribution in [2.75, 3.05) is 12.3 Å². The van der Waals surface area contributed by atoms with E-state index in [2.05, 4.69) is 13.8 Å². The van der Waals surface area contributed by atoms with Crippen molar-refractivity contribution in [3.05, 3.63) is 18.2 Å². The quantitative estimate of drug-likeness (QED) is 0.779. The number of anilines is 1. The van der Waals surface area contributed by atoms with E-state index in [0.717, 1.165) is 6.42 Å². The average Bonchev–Trinajstić information content (AvgIpc) is 2.14. The number of benzene rings is 1. The Kier molecular flexibility index (Phi) is 4.36. The van der Waals surface area contributed by atoms with Gasteiger partial charge in [0.15, 0.2) is 0 Å².